The van der Waals surface area contributed by atoms with E-state index in [1.54, 1.807) is 4.90 Å². The minimum atomic E-state index is -3.34. The Hall–Kier alpha value is -0.620. The van der Waals surface area contributed by atoms with E-state index in [1.807, 2.05) is 0 Å². The maximum absolute atomic E-state index is 12.3. The predicted molar refractivity (Wildman–Crippen MR) is 71.9 cm³/mol. The fourth-order valence-corrected chi connectivity index (χ4v) is 2.92. The van der Waals surface area contributed by atoms with Crippen LogP contribution in [0.15, 0.2) is 0 Å². The topological polar surface area (TPSA) is 80.5 Å². The van der Waals surface area contributed by atoms with Gasteiger partial charge in [-0.05, 0) is 19.8 Å². The Kier molecular flexibility index (Phi) is 5.59. The van der Waals surface area contributed by atoms with Crippen molar-refractivity contribution in [3.8, 4) is 0 Å². The highest BCUT2D eigenvalue weighted by molar-refractivity contribution is 7.92. The van der Waals surface area contributed by atoms with Gasteiger partial charge in [0.25, 0.3) is 0 Å². The summed E-state index contributed by atoms with van der Waals surface area (Å²) in [6.45, 7) is 2.28. The number of rotatable bonds is 5. The van der Waals surface area contributed by atoms with Crippen LogP contribution in [-0.4, -0.2) is 49.9 Å². The molecule has 0 aromatic heterocycles. The van der Waals surface area contributed by atoms with Crippen LogP contribution in [0.3, 0.4) is 0 Å². The molecular weight excluding hydrogens is 252 g/mol. The Bertz CT molecular complexity index is 375. The normalized spacial score (nSPS) is 19.5. The Morgan fingerprint density at radius 2 is 1.89 bits per heavy atom. The second-order valence-electron chi connectivity index (χ2n) is 5.08. The van der Waals surface area contributed by atoms with Crippen LogP contribution in [0.5, 0.6) is 0 Å². The van der Waals surface area contributed by atoms with Gasteiger partial charge in [-0.2, -0.15) is 0 Å². The van der Waals surface area contributed by atoms with Gasteiger partial charge in [0.1, 0.15) is 5.25 Å². The number of hydrogen-bond acceptors (Lipinski definition) is 4. The van der Waals surface area contributed by atoms with E-state index in [0.717, 1.165) is 31.9 Å². The molecule has 0 saturated heterocycles. The van der Waals surface area contributed by atoms with Crippen molar-refractivity contribution in [1.82, 2.24) is 4.90 Å². The third-order valence-corrected chi connectivity index (χ3v) is 5.14. The molecule has 1 unspecified atom stereocenters. The van der Waals surface area contributed by atoms with Crippen LogP contribution in [0.25, 0.3) is 0 Å². The molecule has 1 fully saturated rings. The molecule has 0 aliphatic heterocycles. The lowest BCUT2D eigenvalue weighted by molar-refractivity contribution is -0.133. The minimum Gasteiger partial charge on any atom is -0.337 e. The van der Waals surface area contributed by atoms with E-state index in [-0.39, 0.29) is 11.9 Å². The van der Waals surface area contributed by atoms with E-state index in [1.165, 1.54) is 13.3 Å². The van der Waals surface area contributed by atoms with Crippen molar-refractivity contribution in [1.29, 1.82) is 0 Å². The molecule has 0 bridgehead atoms. The van der Waals surface area contributed by atoms with Crippen molar-refractivity contribution >= 4 is 15.7 Å². The highest BCUT2D eigenvalue weighted by atomic mass is 32.2. The lowest BCUT2D eigenvalue weighted by atomic mass is 9.94. The zero-order chi connectivity index (χ0) is 13.8. The second kappa shape index (κ2) is 6.52. The van der Waals surface area contributed by atoms with Gasteiger partial charge >= 0.3 is 0 Å². The van der Waals surface area contributed by atoms with Crippen molar-refractivity contribution in [3.05, 3.63) is 0 Å². The summed E-state index contributed by atoms with van der Waals surface area (Å²) in [5, 5.41) is -0.967. The molecular formula is C12H24N2O3S. The van der Waals surface area contributed by atoms with Crippen LogP contribution in [0.2, 0.25) is 0 Å². The number of amides is 1. The Morgan fingerprint density at radius 3 is 2.33 bits per heavy atom. The van der Waals surface area contributed by atoms with Gasteiger partial charge in [-0.15, -0.1) is 0 Å². The monoisotopic (exact) mass is 276 g/mol. The summed E-state index contributed by atoms with van der Waals surface area (Å²) in [6, 6.07) is 0.166. The predicted octanol–water partition coefficient (Wildman–Crippen LogP) is 0.539. The highest BCUT2D eigenvalue weighted by Crippen LogP contribution is 2.23. The Morgan fingerprint density at radius 1 is 1.33 bits per heavy atom. The third kappa shape index (κ3) is 3.95. The minimum absolute atomic E-state index is 0.166. The van der Waals surface area contributed by atoms with Gasteiger partial charge in [-0.3, -0.25) is 4.79 Å². The van der Waals surface area contributed by atoms with Crippen LogP contribution in [0, 0.1) is 0 Å². The summed E-state index contributed by atoms with van der Waals surface area (Å²) in [5.74, 6) is -0.296. The number of nitrogens with two attached hydrogens (primary N) is 1. The van der Waals surface area contributed by atoms with Crippen molar-refractivity contribution < 1.29 is 13.2 Å². The molecule has 1 amide bonds. The van der Waals surface area contributed by atoms with Gasteiger partial charge in [0.15, 0.2) is 9.84 Å². The van der Waals surface area contributed by atoms with E-state index in [4.69, 9.17) is 5.73 Å². The number of hydrogen-bond donors (Lipinski definition) is 1. The molecule has 0 heterocycles. The van der Waals surface area contributed by atoms with E-state index < -0.39 is 15.1 Å². The molecule has 0 aromatic carbocycles. The molecule has 6 heteroatoms. The van der Waals surface area contributed by atoms with Gasteiger partial charge in [-0.1, -0.05) is 19.3 Å². The molecule has 0 radical (unpaired) electrons. The van der Waals surface area contributed by atoms with Crippen LogP contribution in [0.1, 0.15) is 39.0 Å². The Balaban J connectivity index is 2.80. The molecule has 0 spiro atoms. The molecule has 1 atom stereocenters. The first kappa shape index (κ1) is 15.4. The van der Waals surface area contributed by atoms with Gasteiger partial charge in [-0.25, -0.2) is 8.42 Å². The van der Waals surface area contributed by atoms with Crippen LogP contribution in [0.4, 0.5) is 0 Å². The first-order chi connectivity index (χ1) is 8.38. The van der Waals surface area contributed by atoms with E-state index in [9.17, 15) is 13.2 Å². The fourth-order valence-electron chi connectivity index (χ4n) is 2.42. The first-order valence-corrected chi connectivity index (χ1v) is 8.52. The summed E-state index contributed by atoms with van der Waals surface area (Å²) >= 11 is 0. The molecule has 1 aliphatic carbocycles. The van der Waals surface area contributed by atoms with Crippen LogP contribution < -0.4 is 5.73 Å². The molecule has 1 rings (SSSR count). The summed E-state index contributed by atoms with van der Waals surface area (Å²) in [6.07, 6.45) is 6.43. The average Bonchev–Trinajstić information content (AvgIpc) is 2.34. The van der Waals surface area contributed by atoms with Gasteiger partial charge in [0.2, 0.25) is 5.91 Å². The molecule has 106 valence electrons. The summed E-state index contributed by atoms with van der Waals surface area (Å²) in [4.78, 5) is 14.0. The summed E-state index contributed by atoms with van der Waals surface area (Å²) < 4.78 is 23.0. The first-order valence-electron chi connectivity index (χ1n) is 6.57. The van der Waals surface area contributed by atoms with Crippen LogP contribution in [-0.2, 0) is 14.6 Å². The van der Waals surface area contributed by atoms with Crippen molar-refractivity contribution in [2.75, 3.05) is 19.3 Å². The average molecular weight is 276 g/mol. The van der Waals surface area contributed by atoms with E-state index >= 15 is 0 Å². The SMILES string of the molecule is CC(C(=O)N(CCN)C1CCCCC1)S(C)(=O)=O. The number of carbonyl (C=O) groups is 1. The standard InChI is InChI=1S/C12H24N2O3S/c1-10(18(2,16)17)12(15)14(9-8-13)11-6-4-3-5-7-11/h10-11H,3-9,13H2,1-2H3. The number of sulfone groups is 1. The molecule has 0 aromatic rings. The molecule has 1 saturated carbocycles. The maximum Gasteiger partial charge on any atom is 0.240 e. The number of carbonyl (C=O) groups excluding carboxylic acids is 1. The van der Waals surface area contributed by atoms with Crippen molar-refractivity contribution in [2.45, 2.75) is 50.3 Å². The third-order valence-electron chi connectivity index (χ3n) is 3.66. The molecule has 1 aliphatic rings. The van der Waals surface area contributed by atoms with Gasteiger partial charge in [0, 0.05) is 25.4 Å². The van der Waals surface area contributed by atoms with Gasteiger partial charge < -0.3 is 10.6 Å². The lowest BCUT2D eigenvalue weighted by Crippen LogP contribution is -2.49. The zero-order valence-corrected chi connectivity index (χ0v) is 12.1. The van der Waals surface area contributed by atoms with E-state index in [2.05, 4.69) is 0 Å². The van der Waals surface area contributed by atoms with E-state index in [0.29, 0.717) is 13.1 Å². The Labute approximate surface area is 110 Å². The summed E-state index contributed by atoms with van der Waals surface area (Å²) in [7, 11) is -3.34. The fraction of sp³-hybridized carbons (Fsp3) is 0.917. The smallest absolute Gasteiger partial charge is 0.240 e. The zero-order valence-electron chi connectivity index (χ0n) is 11.3. The lowest BCUT2D eigenvalue weighted by Gasteiger charge is -2.35. The van der Waals surface area contributed by atoms with Crippen molar-refractivity contribution in [3.63, 3.8) is 0 Å². The number of nitrogens with zero attached hydrogens (tertiary/aromatic N) is 1. The second-order valence-corrected chi connectivity index (χ2v) is 7.45. The van der Waals surface area contributed by atoms with Gasteiger partial charge in [0.05, 0.1) is 0 Å². The van der Waals surface area contributed by atoms with Crippen molar-refractivity contribution in [2.24, 2.45) is 5.73 Å². The molecule has 2 N–H and O–H groups in total. The quantitative estimate of drug-likeness (QED) is 0.794. The largest absolute Gasteiger partial charge is 0.337 e. The molecule has 5 nitrogen and oxygen atoms in total. The molecule has 18 heavy (non-hydrogen) atoms. The maximum atomic E-state index is 12.3. The highest BCUT2D eigenvalue weighted by Gasteiger charge is 2.32. The van der Waals surface area contributed by atoms with Crippen LogP contribution >= 0.6 is 0 Å². The summed E-state index contributed by atoms with van der Waals surface area (Å²) in [5.41, 5.74) is 5.54.